The third-order valence-corrected chi connectivity index (χ3v) is 5.48. The van der Waals surface area contributed by atoms with Gasteiger partial charge in [0.15, 0.2) is 0 Å². The summed E-state index contributed by atoms with van der Waals surface area (Å²) in [4.78, 5) is 13.3. The predicted octanol–water partition coefficient (Wildman–Crippen LogP) is 2.91. The van der Waals surface area contributed by atoms with Gasteiger partial charge in [0, 0.05) is 30.2 Å². The number of unbranched alkanes of at least 4 members (excludes halogenated alkanes) is 6. The highest BCUT2D eigenvalue weighted by molar-refractivity contribution is 8.14. The molecular weight excluding hydrogens is 286 g/mol. The summed E-state index contributed by atoms with van der Waals surface area (Å²) in [5.74, 6) is -0.0831. The first-order chi connectivity index (χ1) is 8.95. The van der Waals surface area contributed by atoms with Gasteiger partial charge in [-0.3, -0.25) is 4.79 Å². The summed E-state index contributed by atoms with van der Waals surface area (Å²) in [6.45, 7) is 3.12. The van der Waals surface area contributed by atoms with Crippen LogP contribution in [0, 0.1) is 0 Å². The average molecular weight is 310 g/mol. The van der Waals surface area contributed by atoms with Crippen molar-refractivity contribution in [1.82, 2.24) is 4.90 Å². The Morgan fingerprint density at radius 3 is 2.26 bits per heavy atom. The van der Waals surface area contributed by atoms with E-state index in [0.29, 0.717) is 6.54 Å². The number of halogens is 1. The quantitative estimate of drug-likeness (QED) is 0.486. The van der Waals surface area contributed by atoms with Gasteiger partial charge < -0.3 is 4.90 Å². The zero-order valence-electron chi connectivity index (χ0n) is 11.6. The van der Waals surface area contributed by atoms with E-state index in [1.807, 2.05) is 0 Å². The molecule has 1 heterocycles. The molecule has 1 unspecified atom stereocenters. The SMILES string of the molecule is CCCCCCCCCN1CC(S(=O)(=O)Cl)CC1=O. The summed E-state index contributed by atoms with van der Waals surface area (Å²) in [6, 6.07) is 0. The van der Waals surface area contributed by atoms with Crippen LogP contribution in [0.15, 0.2) is 0 Å². The van der Waals surface area contributed by atoms with Gasteiger partial charge in [0.25, 0.3) is 0 Å². The molecule has 0 radical (unpaired) electrons. The van der Waals surface area contributed by atoms with Crippen molar-refractivity contribution < 1.29 is 13.2 Å². The lowest BCUT2D eigenvalue weighted by atomic mass is 10.1. The van der Waals surface area contributed by atoms with Gasteiger partial charge in [0.05, 0.1) is 0 Å². The minimum absolute atomic E-state index is 0.0440. The Labute approximate surface area is 120 Å². The second-order valence-corrected chi connectivity index (χ2v) is 8.17. The van der Waals surface area contributed by atoms with Gasteiger partial charge in [-0.25, -0.2) is 8.42 Å². The monoisotopic (exact) mass is 309 g/mol. The highest BCUT2D eigenvalue weighted by atomic mass is 35.7. The minimum atomic E-state index is -3.60. The third-order valence-electron chi connectivity index (χ3n) is 3.61. The van der Waals surface area contributed by atoms with Crippen LogP contribution in [0.3, 0.4) is 0 Å². The second kappa shape index (κ2) is 8.10. The fourth-order valence-electron chi connectivity index (χ4n) is 2.40. The van der Waals surface area contributed by atoms with Crippen LogP contribution >= 0.6 is 10.7 Å². The molecule has 0 N–H and O–H groups in total. The normalized spacial score (nSPS) is 20.2. The van der Waals surface area contributed by atoms with Gasteiger partial charge in [0.2, 0.25) is 15.0 Å². The van der Waals surface area contributed by atoms with E-state index < -0.39 is 14.3 Å². The summed E-state index contributed by atoms with van der Waals surface area (Å²) in [7, 11) is 1.69. The van der Waals surface area contributed by atoms with Crippen molar-refractivity contribution >= 4 is 25.6 Å². The maximum Gasteiger partial charge on any atom is 0.237 e. The van der Waals surface area contributed by atoms with Gasteiger partial charge in [-0.1, -0.05) is 45.4 Å². The number of hydrogen-bond donors (Lipinski definition) is 0. The molecule has 19 heavy (non-hydrogen) atoms. The lowest BCUT2D eigenvalue weighted by molar-refractivity contribution is -0.127. The summed E-state index contributed by atoms with van der Waals surface area (Å²) < 4.78 is 22.4. The number of carbonyl (C=O) groups is 1. The van der Waals surface area contributed by atoms with Crippen molar-refractivity contribution in [3.05, 3.63) is 0 Å². The van der Waals surface area contributed by atoms with E-state index in [1.165, 1.54) is 32.1 Å². The minimum Gasteiger partial charge on any atom is -0.341 e. The Morgan fingerprint density at radius 1 is 1.16 bits per heavy atom. The topological polar surface area (TPSA) is 54.5 Å². The van der Waals surface area contributed by atoms with Crippen LogP contribution in [-0.2, 0) is 13.8 Å². The second-order valence-electron chi connectivity index (χ2n) is 5.26. The Balaban J connectivity index is 2.15. The molecule has 0 aromatic carbocycles. The molecule has 0 spiro atoms. The van der Waals surface area contributed by atoms with Crippen molar-refractivity contribution in [3.63, 3.8) is 0 Å². The molecule has 1 aliphatic rings. The maximum atomic E-state index is 11.6. The number of rotatable bonds is 9. The zero-order chi connectivity index (χ0) is 14.3. The van der Waals surface area contributed by atoms with Crippen LogP contribution < -0.4 is 0 Å². The number of likely N-dealkylation sites (tertiary alicyclic amines) is 1. The van der Waals surface area contributed by atoms with Gasteiger partial charge in [0.1, 0.15) is 5.25 Å². The Morgan fingerprint density at radius 2 is 1.74 bits per heavy atom. The predicted molar refractivity (Wildman–Crippen MR) is 77.8 cm³/mol. The van der Waals surface area contributed by atoms with Gasteiger partial charge in [-0.2, -0.15) is 0 Å². The maximum absolute atomic E-state index is 11.6. The smallest absolute Gasteiger partial charge is 0.237 e. The molecule has 1 atom stereocenters. The lowest BCUT2D eigenvalue weighted by Crippen LogP contribution is -2.28. The number of nitrogens with zero attached hydrogens (tertiary/aromatic N) is 1. The van der Waals surface area contributed by atoms with Gasteiger partial charge in [-0.15, -0.1) is 0 Å². The van der Waals surface area contributed by atoms with Crippen molar-refractivity contribution in [2.75, 3.05) is 13.1 Å². The molecule has 4 nitrogen and oxygen atoms in total. The lowest BCUT2D eigenvalue weighted by Gasteiger charge is -2.15. The van der Waals surface area contributed by atoms with Crippen molar-refractivity contribution in [1.29, 1.82) is 0 Å². The number of amides is 1. The Hall–Kier alpha value is -0.290. The summed E-state index contributed by atoms with van der Waals surface area (Å²) >= 11 is 0. The van der Waals surface area contributed by atoms with Crippen molar-refractivity contribution in [2.24, 2.45) is 0 Å². The fraction of sp³-hybridized carbons (Fsp3) is 0.923. The first-order valence-electron chi connectivity index (χ1n) is 7.16. The Bertz CT molecular complexity index is 383. The molecular formula is C13H24ClNO3S. The molecule has 1 fully saturated rings. The van der Waals surface area contributed by atoms with Gasteiger partial charge in [-0.05, 0) is 6.42 Å². The van der Waals surface area contributed by atoms with E-state index in [9.17, 15) is 13.2 Å². The Kier molecular flexibility index (Phi) is 7.15. The largest absolute Gasteiger partial charge is 0.341 e. The molecule has 0 bridgehead atoms. The van der Waals surface area contributed by atoms with E-state index >= 15 is 0 Å². The molecule has 112 valence electrons. The molecule has 0 aliphatic carbocycles. The zero-order valence-corrected chi connectivity index (χ0v) is 13.2. The van der Waals surface area contributed by atoms with E-state index in [4.69, 9.17) is 10.7 Å². The van der Waals surface area contributed by atoms with Crippen LogP contribution in [0.25, 0.3) is 0 Å². The van der Waals surface area contributed by atoms with E-state index in [-0.39, 0.29) is 18.9 Å². The molecule has 1 aliphatic heterocycles. The van der Waals surface area contributed by atoms with Crippen molar-refractivity contribution in [2.45, 2.75) is 63.5 Å². The van der Waals surface area contributed by atoms with Crippen LogP contribution in [-0.4, -0.2) is 37.6 Å². The summed E-state index contributed by atoms with van der Waals surface area (Å²) in [5.41, 5.74) is 0. The highest BCUT2D eigenvalue weighted by Crippen LogP contribution is 2.21. The van der Waals surface area contributed by atoms with E-state index in [1.54, 1.807) is 4.90 Å². The van der Waals surface area contributed by atoms with E-state index in [2.05, 4.69) is 6.92 Å². The average Bonchev–Trinajstić information content (AvgIpc) is 2.70. The van der Waals surface area contributed by atoms with Crippen LogP contribution in [0.4, 0.5) is 0 Å². The molecule has 6 heteroatoms. The standard InChI is InChI=1S/C13H24ClNO3S/c1-2-3-4-5-6-7-8-9-15-11-12(10-13(15)16)19(14,17)18/h12H,2-11H2,1H3. The molecule has 0 aromatic rings. The molecule has 1 rings (SSSR count). The van der Waals surface area contributed by atoms with E-state index in [0.717, 1.165) is 12.8 Å². The summed E-state index contributed by atoms with van der Waals surface area (Å²) in [5, 5.41) is -0.716. The van der Waals surface area contributed by atoms with Crippen LogP contribution in [0.2, 0.25) is 0 Å². The fourth-order valence-corrected chi connectivity index (χ4v) is 3.46. The number of carbonyl (C=O) groups excluding carboxylic acids is 1. The first-order valence-corrected chi connectivity index (χ1v) is 9.53. The summed E-state index contributed by atoms with van der Waals surface area (Å²) in [6.07, 6.45) is 8.36. The van der Waals surface area contributed by atoms with Crippen LogP contribution in [0.5, 0.6) is 0 Å². The van der Waals surface area contributed by atoms with Gasteiger partial charge >= 0.3 is 0 Å². The third kappa shape index (κ3) is 6.13. The first kappa shape index (κ1) is 16.8. The van der Waals surface area contributed by atoms with Crippen LogP contribution in [0.1, 0.15) is 58.3 Å². The molecule has 1 amide bonds. The molecule has 1 saturated heterocycles. The molecule has 0 saturated carbocycles. The molecule has 0 aromatic heterocycles. The highest BCUT2D eigenvalue weighted by Gasteiger charge is 2.36. The number of hydrogen-bond acceptors (Lipinski definition) is 3. The van der Waals surface area contributed by atoms with Crippen molar-refractivity contribution in [3.8, 4) is 0 Å².